The van der Waals surface area contributed by atoms with E-state index in [2.05, 4.69) is 5.32 Å². The number of anilines is 1. The summed E-state index contributed by atoms with van der Waals surface area (Å²) in [5.74, 6) is 0.0835. The molecule has 1 aromatic rings. The van der Waals surface area contributed by atoms with Gasteiger partial charge in [-0.1, -0.05) is 6.07 Å². The molecule has 1 fully saturated rings. The summed E-state index contributed by atoms with van der Waals surface area (Å²) >= 11 is 0. The van der Waals surface area contributed by atoms with Crippen LogP contribution in [0.4, 0.5) is 5.69 Å². The van der Waals surface area contributed by atoms with Crippen molar-refractivity contribution in [3.05, 3.63) is 23.3 Å². The van der Waals surface area contributed by atoms with Crippen LogP contribution in [0.2, 0.25) is 0 Å². The van der Waals surface area contributed by atoms with Crippen LogP contribution in [0, 0.1) is 19.3 Å². The highest BCUT2D eigenvalue weighted by molar-refractivity contribution is 5.79. The van der Waals surface area contributed by atoms with Gasteiger partial charge in [-0.05, 0) is 43.9 Å². The van der Waals surface area contributed by atoms with E-state index >= 15 is 0 Å². The Labute approximate surface area is 107 Å². The highest BCUT2D eigenvalue weighted by atomic mass is 16.5. The summed E-state index contributed by atoms with van der Waals surface area (Å²) in [5.41, 5.74) is 2.50. The molecule has 0 bridgehead atoms. The second-order valence-electron chi connectivity index (χ2n) is 5.10. The van der Waals surface area contributed by atoms with Gasteiger partial charge in [0.2, 0.25) is 0 Å². The molecular weight excluding hydrogens is 230 g/mol. The summed E-state index contributed by atoms with van der Waals surface area (Å²) in [6.07, 6.45) is 1.50. The first kappa shape index (κ1) is 12.7. The molecule has 1 aliphatic carbocycles. The third kappa shape index (κ3) is 2.28. The van der Waals surface area contributed by atoms with Crippen LogP contribution in [0.5, 0.6) is 5.75 Å². The predicted molar refractivity (Wildman–Crippen MR) is 70.3 cm³/mol. The van der Waals surface area contributed by atoms with Gasteiger partial charge in [0.25, 0.3) is 0 Å². The van der Waals surface area contributed by atoms with E-state index < -0.39 is 11.4 Å². The van der Waals surface area contributed by atoms with Crippen molar-refractivity contribution in [1.82, 2.24) is 0 Å². The van der Waals surface area contributed by atoms with Crippen LogP contribution in [0.1, 0.15) is 24.0 Å². The van der Waals surface area contributed by atoms with Crippen molar-refractivity contribution in [1.29, 1.82) is 0 Å². The second-order valence-corrected chi connectivity index (χ2v) is 5.10. The van der Waals surface area contributed by atoms with Crippen molar-refractivity contribution < 1.29 is 14.6 Å². The second kappa shape index (κ2) is 4.52. The molecule has 1 saturated carbocycles. The van der Waals surface area contributed by atoms with Gasteiger partial charge in [0.05, 0.1) is 18.2 Å². The summed E-state index contributed by atoms with van der Waals surface area (Å²) in [6.45, 7) is 4.46. The van der Waals surface area contributed by atoms with E-state index in [1.165, 1.54) is 0 Å². The van der Waals surface area contributed by atoms with Crippen LogP contribution < -0.4 is 10.1 Å². The van der Waals surface area contributed by atoms with Crippen LogP contribution in [0.25, 0.3) is 0 Å². The maximum Gasteiger partial charge on any atom is 0.311 e. The molecule has 1 aromatic carbocycles. The Morgan fingerprint density at radius 3 is 2.61 bits per heavy atom. The van der Waals surface area contributed by atoms with E-state index in [1.54, 1.807) is 7.11 Å². The molecule has 1 aliphatic rings. The molecule has 0 aliphatic heterocycles. The number of methoxy groups -OCH3 is 1. The first-order chi connectivity index (χ1) is 8.48. The lowest BCUT2D eigenvalue weighted by molar-refractivity contribution is -0.142. The average molecular weight is 249 g/mol. The molecule has 0 radical (unpaired) electrons. The topological polar surface area (TPSA) is 58.6 Å². The van der Waals surface area contributed by atoms with Crippen molar-refractivity contribution in [2.24, 2.45) is 5.41 Å². The standard InChI is InChI=1S/C14H19NO3/c1-9-6-10(2)12(18-3)11(7-9)15-8-14(4-5-14)13(16)17/h6-7,15H,4-5,8H2,1-3H3,(H,16,17). The molecule has 0 atom stereocenters. The maximum absolute atomic E-state index is 11.1. The Balaban J connectivity index is 2.16. The lowest BCUT2D eigenvalue weighted by Crippen LogP contribution is -2.24. The average Bonchev–Trinajstić information content (AvgIpc) is 3.06. The van der Waals surface area contributed by atoms with Crippen molar-refractivity contribution in [3.63, 3.8) is 0 Å². The SMILES string of the molecule is COc1c(C)cc(C)cc1NCC1(C(=O)O)CC1. The minimum Gasteiger partial charge on any atom is -0.494 e. The molecule has 0 spiro atoms. The Morgan fingerprint density at radius 2 is 2.11 bits per heavy atom. The van der Waals surface area contributed by atoms with Gasteiger partial charge in [0, 0.05) is 6.54 Å². The molecule has 0 aromatic heterocycles. The minimum atomic E-state index is -0.710. The molecule has 18 heavy (non-hydrogen) atoms. The summed E-state index contributed by atoms with van der Waals surface area (Å²) in [5, 5.41) is 12.4. The van der Waals surface area contributed by atoms with E-state index in [0.29, 0.717) is 6.54 Å². The first-order valence-corrected chi connectivity index (χ1v) is 6.11. The van der Waals surface area contributed by atoms with E-state index in [-0.39, 0.29) is 0 Å². The number of hydrogen-bond donors (Lipinski definition) is 2. The van der Waals surface area contributed by atoms with Gasteiger partial charge >= 0.3 is 5.97 Å². The number of hydrogen-bond acceptors (Lipinski definition) is 3. The molecule has 0 saturated heterocycles. The van der Waals surface area contributed by atoms with Crippen LogP contribution >= 0.6 is 0 Å². The third-order valence-electron chi connectivity index (χ3n) is 3.55. The first-order valence-electron chi connectivity index (χ1n) is 6.11. The lowest BCUT2D eigenvalue weighted by atomic mass is 10.1. The molecule has 0 heterocycles. The van der Waals surface area contributed by atoms with Gasteiger partial charge in [-0.2, -0.15) is 0 Å². The molecule has 2 N–H and O–H groups in total. The van der Waals surface area contributed by atoms with Crippen molar-refractivity contribution in [2.75, 3.05) is 19.0 Å². The molecule has 98 valence electrons. The lowest BCUT2D eigenvalue weighted by Gasteiger charge is -2.17. The maximum atomic E-state index is 11.1. The Hall–Kier alpha value is -1.71. The normalized spacial score (nSPS) is 16.2. The monoisotopic (exact) mass is 249 g/mol. The van der Waals surface area contributed by atoms with Gasteiger partial charge in [0.1, 0.15) is 5.75 Å². The van der Waals surface area contributed by atoms with Crippen LogP contribution in [-0.2, 0) is 4.79 Å². The molecule has 4 nitrogen and oxygen atoms in total. The molecule has 2 rings (SSSR count). The number of nitrogens with one attached hydrogen (secondary N) is 1. The van der Waals surface area contributed by atoms with E-state index in [0.717, 1.165) is 35.4 Å². The summed E-state index contributed by atoms with van der Waals surface area (Å²) in [4.78, 5) is 11.1. The third-order valence-corrected chi connectivity index (χ3v) is 3.55. The van der Waals surface area contributed by atoms with Crippen molar-refractivity contribution in [2.45, 2.75) is 26.7 Å². The fraction of sp³-hybridized carbons (Fsp3) is 0.500. The number of carbonyl (C=O) groups is 1. The van der Waals surface area contributed by atoms with Gasteiger partial charge in [-0.15, -0.1) is 0 Å². The smallest absolute Gasteiger partial charge is 0.311 e. The quantitative estimate of drug-likeness (QED) is 0.842. The summed E-state index contributed by atoms with van der Waals surface area (Å²) in [7, 11) is 1.63. The number of carboxylic acids is 1. The van der Waals surface area contributed by atoms with Gasteiger partial charge in [-0.3, -0.25) is 4.79 Å². The van der Waals surface area contributed by atoms with E-state index in [1.807, 2.05) is 26.0 Å². The molecular formula is C14H19NO3. The van der Waals surface area contributed by atoms with E-state index in [4.69, 9.17) is 9.84 Å². The van der Waals surface area contributed by atoms with Crippen molar-refractivity contribution >= 4 is 11.7 Å². The zero-order chi connectivity index (χ0) is 13.3. The molecule has 4 heteroatoms. The van der Waals surface area contributed by atoms with Crippen LogP contribution in [0.15, 0.2) is 12.1 Å². The van der Waals surface area contributed by atoms with Gasteiger partial charge in [-0.25, -0.2) is 0 Å². The van der Waals surface area contributed by atoms with Gasteiger partial charge in [0.15, 0.2) is 0 Å². The highest BCUT2D eigenvalue weighted by Crippen LogP contribution is 2.46. The number of ether oxygens (including phenoxy) is 1. The number of carboxylic acid groups (broad SMARTS) is 1. The minimum absolute atomic E-state index is 0.460. The Bertz CT molecular complexity index is 478. The van der Waals surface area contributed by atoms with Gasteiger partial charge < -0.3 is 15.2 Å². The predicted octanol–water partition coefficient (Wildman–Crippen LogP) is 2.59. The van der Waals surface area contributed by atoms with Crippen LogP contribution in [0.3, 0.4) is 0 Å². The molecule has 0 amide bonds. The number of benzene rings is 1. The number of rotatable bonds is 5. The Kier molecular flexibility index (Phi) is 3.20. The fourth-order valence-electron chi connectivity index (χ4n) is 2.24. The number of aliphatic carboxylic acids is 1. The zero-order valence-corrected chi connectivity index (χ0v) is 11.0. The fourth-order valence-corrected chi connectivity index (χ4v) is 2.24. The van der Waals surface area contributed by atoms with E-state index in [9.17, 15) is 4.79 Å². The number of aryl methyl sites for hydroxylation is 2. The highest BCUT2D eigenvalue weighted by Gasteiger charge is 2.50. The summed E-state index contributed by atoms with van der Waals surface area (Å²) in [6, 6.07) is 4.04. The largest absolute Gasteiger partial charge is 0.494 e. The summed E-state index contributed by atoms with van der Waals surface area (Å²) < 4.78 is 5.37. The van der Waals surface area contributed by atoms with Crippen LogP contribution in [-0.4, -0.2) is 24.7 Å². The zero-order valence-electron chi connectivity index (χ0n) is 11.0. The molecule has 0 unspecified atom stereocenters. The van der Waals surface area contributed by atoms with Crippen molar-refractivity contribution in [3.8, 4) is 5.75 Å². The Morgan fingerprint density at radius 1 is 1.44 bits per heavy atom.